The predicted molar refractivity (Wildman–Crippen MR) is 72.9 cm³/mol. The van der Waals surface area contributed by atoms with Crippen LogP contribution in [-0.2, 0) is 10.0 Å². The second kappa shape index (κ2) is 6.29. The number of hydrogen-bond donors (Lipinski definition) is 3. The summed E-state index contributed by atoms with van der Waals surface area (Å²) in [7, 11) is -3.50. The van der Waals surface area contributed by atoms with E-state index in [1.807, 2.05) is 0 Å². The number of aromatic nitrogens is 1. The van der Waals surface area contributed by atoms with Crippen LogP contribution in [0.4, 0.5) is 5.82 Å². The minimum atomic E-state index is -3.50. The standard InChI is InChI=1S/C11H19N5O2S/c12-15-11-9-10(3-4-13-11)19(17,18)14-5-8-16-6-1-2-7-16/h3-4,9,14H,1-2,5-8,12H2,(H,13,15). The van der Waals surface area contributed by atoms with E-state index in [0.29, 0.717) is 12.4 Å². The van der Waals surface area contributed by atoms with Crippen LogP contribution < -0.4 is 16.0 Å². The fraction of sp³-hybridized carbons (Fsp3) is 0.545. The topological polar surface area (TPSA) is 100 Å². The maximum atomic E-state index is 12.0. The molecule has 8 heteroatoms. The SMILES string of the molecule is NNc1cc(S(=O)(=O)NCCN2CCCC2)ccn1. The number of sulfonamides is 1. The summed E-state index contributed by atoms with van der Waals surface area (Å²) < 4.78 is 26.7. The highest BCUT2D eigenvalue weighted by atomic mass is 32.2. The zero-order valence-electron chi connectivity index (χ0n) is 10.7. The molecular formula is C11H19N5O2S. The van der Waals surface area contributed by atoms with Crippen LogP contribution in [0.15, 0.2) is 23.2 Å². The maximum absolute atomic E-state index is 12.0. The molecule has 0 radical (unpaired) electrons. The number of anilines is 1. The van der Waals surface area contributed by atoms with Gasteiger partial charge in [0.25, 0.3) is 0 Å². The van der Waals surface area contributed by atoms with Crippen molar-refractivity contribution >= 4 is 15.8 Å². The summed E-state index contributed by atoms with van der Waals surface area (Å²) in [4.78, 5) is 6.29. The van der Waals surface area contributed by atoms with E-state index in [0.717, 1.165) is 19.6 Å². The van der Waals surface area contributed by atoms with Gasteiger partial charge in [0.15, 0.2) is 0 Å². The van der Waals surface area contributed by atoms with Crippen molar-refractivity contribution in [3.63, 3.8) is 0 Å². The smallest absolute Gasteiger partial charge is 0.240 e. The zero-order valence-corrected chi connectivity index (χ0v) is 11.5. The summed E-state index contributed by atoms with van der Waals surface area (Å²) in [6.07, 6.45) is 3.80. The molecule has 0 unspecified atom stereocenters. The zero-order chi connectivity index (χ0) is 13.7. The van der Waals surface area contributed by atoms with Gasteiger partial charge in [0.1, 0.15) is 5.82 Å². The van der Waals surface area contributed by atoms with Gasteiger partial charge in [0.05, 0.1) is 4.90 Å². The lowest BCUT2D eigenvalue weighted by Gasteiger charge is -2.15. The fourth-order valence-corrected chi connectivity index (χ4v) is 3.12. The number of nitrogens with two attached hydrogens (primary N) is 1. The molecule has 2 rings (SSSR count). The van der Waals surface area contributed by atoms with E-state index in [-0.39, 0.29) is 4.90 Å². The van der Waals surface area contributed by atoms with Gasteiger partial charge < -0.3 is 10.3 Å². The van der Waals surface area contributed by atoms with E-state index in [1.54, 1.807) is 0 Å². The minimum Gasteiger partial charge on any atom is -0.308 e. The Labute approximate surface area is 113 Å². The quantitative estimate of drug-likeness (QED) is 0.492. The largest absolute Gasteiger partial charge is 0.308 e. The number of nitrogen functional groups attached to an aromatic ring is 1. The van der Waals surface area contributed by atoms with E-state index >= 15 is 0 Å². The van der Waals surface area contributed by atoms with Gasteiger partial charge in [-0.15, -0.1) is 0 Å². The Morgan fingerprint density at radius 1 is 1.37 bits per heavy atom. The van der Waals surface area contributed by atoms with Crippen LogP contribution in [0.1, 0.15) is 12.8 Å². The van der Waals surface area contributed by atoms with Gasteiger partial charge in [-0.3, -0.25) is 0 Å². The molecule has 0 aromatic carbocycles. The summed E-state index contributed by atoms with van der Waals surface area (Å²) in [5.74, 6) is 5.53. The van der Waals surface area contributed by atoms with E-state index in [4.69, 9.17) is 5.84 Å². The molecule has 1 aliphatic rings. The van der Waals surface area contributed by atoms with E-state index < -0.39 is 10.0 Å². The molecule has 7 nitrogen and oxygen atoms in total. The van der Waals surface area contributed by atoms with Crippen LogP contribution in [0.25, 0.3) is 0 Å². The summed E-state index contributed by atoms with van der Waals surface area (Å²) in [6.45, 7) is 3.26. The van der Waals surface area contributed by atoms with E-state index in [9.17, 15) is 8.42 Å². The first-order valence-corrected chi connectivity index (χ1v) is 7.75. The molecule has 0 bridgehead atoms. The Bertz CT molecular complexity index is 514. The number of likely N-dealkylation sites (tertiary alicyclic amines) is 1. The predicted octanol–water partition coefficient (Wildman–Crippen LogP) is -0.259. The minimum absolute atomic E-state index is 0.164. The second-order valence-electron chi connectivity index (χ2n) is 4.47. The summed E-state index contributed by atoms with van der Waals surface area (Å²) in [5.41, 5.74) is 2.33. The molecule has 106 valence electrons. The lowest BCUT2D eigenvalue weighted by atomic mass is 10.4. The first-order chi connectivity index (χ1) is 9.12. The highest BCUT2D eigenvalue weighted by Crippen LogP contribution is 2.11. The molecule has 0 aliphatic carbocycles. The van der Waals surface area contributed by atoms with Crippen molar-refractivity contribution in [1.29, 1.82) is 0 Å². The molecule has 19 heavy (non-hydrogen) atoms. The number of nitrogens with zero attached hydrogens (tertiary/aromatic N) is 2. The van der Waals surface area contributed by atoms with Crippen molar-refractivity contribution in [2.24, 2.45) is 5.84 Å². The highest BCUT2D eigenvalue weighted by Gasteiger charge is 2.16. The first-order valence-electron chi connectivity index (χ1n) is 6.26. The van der Waals surface area contributed by atoms with Gasteiger partial charge in [0.2, 0.25) is 10.0 Å². The summed E-state index contributed by atoms with van der Waals surface area (Å²) in [5, 5.41) is 0. The molecule has 2 heterocycles. The average molecular weight is 285 g/mol. The average Bonchev–Trinajstić information content (AvgIpc) is 2.92. The Morgan fingerprint density at radius 2 is 2.11 bits per heavy atom. The van der Waals surface area contributed by atoms with Crippen molar-refractivity contribution in [3.8, 4) is 0 Å². The number of pyridine rings is 1. The van der Waals surface area contributed by atoms with Crippen LogP contribution in [0, 0.1) is 0 Å². The number of rotatable bonds is 6. The van der Waals surface area contributed by atoms with Gasteiger partial charge in [0, 0.05) is 25.4 Å². The molecule has 1 fully saturated rings. The van der Waals surface area contributed by atoms with Crippen LogP contribution in [0.3, 0.4) is 0 Å². The monoisotopic (exact) mass is 285 g/mol. The Balaban J connectivity index is 1.93. The molecule has 4 N–H and O–H groups in total. The third-order valence-electron chi connectivity index (χ3n) is 3.11. The maximum Gasteiger partial charge on any atom is 0.240 e. The van der Waals surface area contributed by atoms with E-state index in [2.05, 4.69) is 20.0 Å². The molecule has 0 spiro atoms. The molecule has 1 aromatic rings. The van der Waals surface area contributed by atoms with E-state index in [1.165, 1.54) is 31.2 Å². The third kappa shape index (κ3) is 3.87. The summed E-state index contributed by atoms with van der Waals surface area (Å²) >= 11 is 0. The molecule has 0 amide bonds. The highest BCUT2D eigenvalue weighted by molar-refractivity contribution is 7.89. The van der Waals surface area contributed by atoms with Crippen molar-refractivity contribution in [2.45, 2.75) is 17.7 Å². The van der Waals surface area contributed by atoms with Gasteiger partial charge in [-0.25, -0.2) is 24.0 Å². The molecule has 0 saturated carbocycles. The lowest BCUT2D eigenvalue weighted by molar-refractivity contribution is 0.344. The lowest BCUT2D eigenvalue weighted by Crippen LogP contribution is -2.33. The van der Waals surface area contributed by atoms with Crippen molar-refractivity contribution < 1.29 is 8.42 Å². The van der Waals surface area contributed by atoms with Gasteiger partial charge in [-0.05, 0) is 32.0 Å². The van der Waals surface area contributed by atoms with Crippen LogP contribution in [0.5, 0.6) is 0 Å². The van der Waals surface area contributed by atoms with Crippen LogP contribution in [-0.4, -0.2) is 44.5 Å². The molecule has 1 aliphatic heterocycles. The first kappa shape index (κ1) is 14.2. The van der Waals surface area contributed by atoms with Gasteiger partial charge in [-0.1, -0.05) is 0 Å². The Hall–Kier alpha value is -1.22. The van der Waals surface area contributed by atoms with Gasteiger partial charge in [-0.2, -0.15) is 0 Å². The number of nitrogens with one attached hydrogen (secondary N) is 2. The van der Waals surface area contributed by atoms with Crippen LogP contribution in [0.2, 0.25) is 0 Å². The summed E-state index contributed by atoms with van der Waals surface area (Å²) in [6, 6.07) is 2.84. The van der Waals surface area contributed by atoms with Crippen molar-refractivity contribution in [3.05, 3.63) is 18.3 Å². The second-order valence-corrected chi connectivity index (χ2v) is 6.23. The third-order valence-corrected chi connectivity index (χ3v) is 4.57. The van der Waals surface area contributed by atoms with Crippen LogP contribution >= 0.6 is 0 Å². The number of hydrazine groups is 1. The fourth-order valence-electron chi connectivity index (χ4n) is 2.08. The van der Waals surface area contributed by atoms with Gasteiger partial charge >= 0.3 is 0 Å². The Kier molecular flexibility index (Phi) is 4.70. The van der Waals surface area contributed by atoms with Crippen molar-refractivity contribution in [2.75, 3.05) is 31.6 Å². The molecule has 1 saturated heterocycles. The molecule has 0 atom stereocenters. The normalized spacial score (nSPS) is 16.7. The molecular weight excluding hydrogens is 266 g/mol. The Morgan fingerprint density at radius 3 is 2.79 bits per heavy atom. The number of hydrogen-bond acceptors (Lipinski definition) is 6. The molecule has 1 aromatic heterocycles. The van der Waals surface area contributed by atoms with Crippen molar-refractivity contribution in [1.82, 2.24) is 14.6 Å².